The molecule has 0 bridgehead atoms. The lowest BCUT2D eigenvalue weighted by molar-refractivity contribution is -0.122. The summed E-state index contributed by atoms with van der Waals surface area (Å²) in [7, 11) is 0. The summed E-state index contributed by atoms with van der Waals surface area (Å²) in [5, 5.41) is 9.37. The number of nitrogens with two attached hydrogens (primary N) is 1. The van der Waals surface area contributed by atoms with Gasteiger partial charge in [0.05, 0.1) is 25.4 Å². The molecule has 0 aromatic carbocycles. The third kappa shape index (κ3) is 2.95. The number of aliphatic hydroxyl groups is 1. The van der Waals surface area contributed by atoms with Gasteiger partial charge in [0, 0.05) is 13.1 Å². The average Bonchev–Trinajstić information content (AvgIpc) is 2.28. The molecule has 5 heteroatoms. The standard InChI is InChI=1S/C8H16N2O3/c1-6(8(9)12)10-2-3-13-5-7(11)4-10/h6-7,11H,2-5H2,1H3,(H2,9,12). The molecule has 2 atom stereocenters. The van der Waals surface area contributed by atoms with Gasteiger partial charge in [-0.25, -0.2) is 0 Å². The van der Waals surface area contributed by atoms with E-state index in [1.807, 2.05) is 4.90 Å². The Morgan fingerprint density at radius 3 is 3.08 bits per heavy atom. The Hall–Kier alpha value is -0.650. The molecule has 0 saturated carbocycles. The van der Waals surface area contributed by atoms with E-state index < -0.39 is 6.10 Å². The molecular formula is C8H16N2O3. The molecule has 1 saturated heterocycles. The van der Waals surface area contributed by atoms with E-state index in [1.165, 1.54) is 0 Å². The third-order valence-corrected chi connectivity index (χ3v) is 2.24. The number of primary amides is 1. The lowest BCUT2D eigenvalue weighted by atomic mass is 10.2. The molecule has 1 fully saturated rings. The maximum Gasteiger partial charge on any atom is 0.234 e. The van der Waals surface area contributed by atoms with Crippen LogP contribution in [0.5, 0.6) is 0 Å². The number of rotatable bonds is 2. The van der Waals surface area contributed by atoms with E-state index >= 15 is 0 Å². The van der Waals surface area contributed by atoms with E-state index in [1.54, 1.807) is 6.92 Å². The van der Waals surface area contributed by atoms with E-state index in [4.69, 9.17) is 10.5 Å². The summed E-state index contributed by atoms with van der Waals surface area (Å²) in [6.45, 7) is 3.70. The molecule has 5 nitrogen and oxygen atoms in total. The number of β-amino-alcohol motifs (C(OH)–C–C–N with tert-alkyl or cyclic N) is 1. The Morgan fingerprint density at radius 2 is 2.46 bits per heavy atom. The van der Waals surface area contributed by atoms with Crippen LogP contribution in [0.25, 0.3) is 0 Å². The SMILES string of the molecule is CC(C(N)=O)N1CCOCC(O)C1. The Labute approximate surface area is 77.5 Å². The highest BCUT2D eigenvalue weighted by molar-refractivity contribution is 5.79. The van der Waals surface area contributed by atoms with Gasteiger partial charge in [0.25, 0.3) is 0 Å². The first-order valence-electron chi connectivity index (χ1n) is 4.40. The molecule has 1 rings (SSSR count). The molecule has 1 aliphatic rings. The first kappa shape index (κ1) is 10.4. The van der Waals surface area contributed by atoms with Gasteiger partial charge in [-0.2, -0.15) is 0 Å². The van der Waals surface area contributed by atoms with Gasteiger partial charge < -0.3 is 15.6 Å². The van der Waals surface area contributed by atoms with E-state index in [-0.39, 0.29) is 11.9 Å². The van der Waals surface area contributed by atoms with Crippen molar-refractivity contribution < 1.29 is 14.6 Å². The summed E-state index contributed by atoms with van der Waals surface area (Å²) in [4.78, 5) is 12.7. The molecule has 1 aliphatic heterocycles. The van der Waals surface area contributed by atoms with Gasteiger partial charge in [-0.05, 0) is 6.92 Å². The molecule has 13 heavy (non-hydrogen) atoms. The predicted octanol–water partition coefficient (Wildman–Crippen LogP) is -1.45. The second-order valence-corrected chi connectivity index (χ2v) is 3.30. The number of hydrogen-bond donors (Lipinski definition) is 2. The monoisotopic (exact) mass is 188 g/mol. The predicted molar refractivity (Wildman–Crippen MR) is 47.1 cm³/mol. The number of carbonyl (C=O) groups excluding carboxylic acids is 1. The van der Waals surface area contributed by atoms with Crippen molar-refractivity contribution in [2.75, 3.05) is 26.3 Å². The van der Waals surface area contributed by atoms with Crippen LogP contribution in [-0.4, -0.2) is 54.4 Å². The number of hydrogen-bond acceptors (Lipinski definition) is 4. The average molecular weight is 188 g/mol. The molecule has 0 radical (unpaired) electrons. The quantitative estimate of drug-likeness (QED) is 0.556. The van der Waals surface area contributed by atoms with E-state index in [0.29, 0.717) is 26.3 Å². The number of nitrogens with zero attached hydrogens (tertiary/aromatic N) is 1. The van der Waals surface area contributed by atoms with Crippen molar-refractivity contribution in [2.45, 2.75) is 19.1 Å². The van der Waals surface area contributed by atoms with Crippen molar-refractivity contribution in [3.63, 3.8) is 0 Å². The minimum atomic E-state index is -0.524. The van der Waals surface area contributed by atoms with Gasteiger partial charge in [0.15, 0.2) is 0 Å². The molecule has 1 heterocycles. The largest absolute Gasteiger partial charge is 0.389 e. The van der Waals surface area contributed by atoms with Crippen molar-refractivity contribution in [1.29, 1.82) is 0 Å². The van der Waals surface area contributed by atoms with Gasteiger partial charge in [-0.1, -0.05) is 0 Å². The zero-order chi connectivity index (χ0) is 9.84. The lowest BCUT2D eigenvalue weighted by Gasteiger charge is -2.25. The number of aliphatic hydroxyl groups excluding tert-OH is 1. The third-order valence-electron chi connectivity index (χ3n) is 2.24. The maximum atomic E-state index is 10.9. The summed E-state index contributed by atoms with van der Waals surface area (Å²) in [5.74, 6) is -0.367. The van der Waals surface area contributed by atoms with Crippen LogP contribution in [0.15, 0.2) is 0 Å². The van der Waals surface area contributed by atoms with Crippen LogP contribution in [0.4, 0.5) is 0 Å². The minimum absolute atomic E-state index is 0.335. The fourth-order valence-electron chi connectivity index (χ4n) is 1.35. The number of carbonyl (C=O) groups is 1. The van der Waals surface area contributed by atoms with Crippen LogP contribution in [-0.2, 0) is 9.53 Å². The highest BCUT2D eigenvalue weighted by atomic mass is 16.5. The Morgan fingerprint density at radius 1 is 1.77 bits per heavy atom. The molecule has 0 spiro atoms. The van der Waals surface area contributed by atoms with E-state index in [2.05, 4.69) is 0 Å². The molecule has 0 aromatic heterocycles. The van der Waals surface area contributed by atoms with Crippen molar-refractivity contribution in [3.8, 4) is 0 Å². The lowest BCUT2D eigenvalue weighted by Crippen LogP contribution is -2.46. The second kappa shape index (κ2) is 4.55. The van der Waals surface area contributed by atoms with Gasteiger partial charge in [-0.15, -0.1) is 0 Å². The van der Waals surface area contributed by atoms with Gasteiger partial charge >= 0.3 is 0 Å². The first-order valence-corrected chi connectivity index (χ1v) is 4.40. The zero-order valence-electron chi connectivity index (χ0n) is 7.77. The van der Waals surface area contributed by atoms with Crippen molar-refractivity contribution in [2.24, 2.45) is 5.73 Å². The van der Waals surface area contributed by atoms with Crippen molar-refractivity contribution >= 4 is 5.91 Å². The smallest absolute Gasteiger partial charge is 0.234 e. The van der Waals surface area contributed by atoms with Gasteiger partial charge in [-0.3, -0.25) is 9.69 Å². The first-order chi connectivity index (χ1) is 6.11. The summed E-state index contributed by atoms with van der Waals surface area (Å²) in [6, 6.07) is -0.337. The van der Waals surface area contributed by atoms with Gasteiger partial charge in [0.1, 0.15) is 0 Å². The van der Waals surface area contributed by atoms with E-state index in [9.17, 15) is 9.90 Å². The molecule has 3 N–H and O–H groups in total. The summed E-state index contributed by atoms with van der Waals surface area (Å²) < 4.78 is 5.12. The van der Waals surface area contributed by atoms with E-state index in [0.717, 1.165) is 0 Å². The Kier molecular flexibility index (Phi) is 3.65. The maximum absolute atomic E-state index is 10.9. The molecule has 76 valence electrons. The highest BCUT2D eigenvalue weighted by Gasteiger charge is 2.23. The van der Waals surface area contributed by atoms with Crippen LogP contribution in [0, 0.1) is 0 Å². The summed E-state index contributed by atoms with van der Waals surface area (Å²) >= 11 is 0. The minimum Gasteiger partial charge on any atom is -0.389 e. The number of amides is 1. The summed E-state index contributed by atoms with van der Waals surface area (Å²) in [6.07, 6.45) is -0.524. The molecule has 2 unspecified atom stereocenters. The number of ether oxygens (including phenoxy) is 1. The Bertz CT molecular complexity index is 186. The summed E-state index contributed by atoms with van der Waals surface area (Å²) in [5.41, 5.74) is 5.16. The Balaban J connectivity index is 2.51. The van der Waals surface area contributed by atoms with Crippen LogP contribution in [0.2, 0.25) is 0 Å². The fraction of sp³-hybridized carbons (Fsp3) is 0.875. The highest BCUT2D eigenvalue weighted by Crippen LogP contribution is 2.04. The van der Waals surface area contributed by atoms with Crippen molar-refractivity contribution in [3.05, 3.63) is 0 Å². The second-order valence-electron chi connectivity index (χ2n) is 3.30. The van der Waals surface area contributed by atoms with Crippen LogP contribution in [0.1, 0.15) is 6.92 Å². The van der Waals surface area contributed by atoms with Crippen molar-refractivity contribution in [1.82, 2.24) is 4.90 Å². The topological polar surface area (TPSA) is 75.8 Å². The van der Waals surface area contributed by atoms with Crippen LogP contribution < -0.4 is 5.73 Å². The molecular weight excluding hydrogens is 172 g/mol. The molecule has 1 amide bonds. The normalized spacial score (nSPS) is 28.0. The molecule has 0 aliphatic carbocycles. The zero-order valence-corrected chi connectivity index (χ0v) is 7.77. The van der Waals surface area contributed by atoms with Crippen LogP contribution in [0.3, 0.4) is 0 Å². The van der Waals surface area contributed by atoms with Gasteiger partial charge in [0.2, 0.25) is 5.91 Å². The fourth-order valence-corrected chi connectivity index (χ4v) is 1.35. The molecule has 0 aromatic rings. The van der Waals surface area contributed by atoms with Crippen LogP contribution >= 0.6 is 0 Å².